The average molecular weight is 360 g/mol. The van der Waals surface area contributed by atoms with Crippen LogP contribution in [-0.2, 0) is 16.0 Å². The predicted molar refractivity (Wildman–Crippen MR) is 91.3 cm³/mol. The molecule has 0 spiro atoms. The van der Waals surface area contributed by atoms with Crippen molar-refractivity contribution in [2.45, 2.75) is 23.1 Å². The molecule has 0 saturated heterocycles. The van der Waals surface area contributed by atoms with Gasteiger partial charge in [0.15, 0.2) is 0 Å². The summed E-state index contributed by atoms with van der Waals surface area (Å²) < 4.78 is 4.91. The maximum Gasteiger partial charge on any atom is 0.338 e. The Hall–Kier alpha value is -2.80. The van der Waals surface area contributed by atoms with Crippen LogP contribution in [0, 0.1) is 0 Å². The number of carboxylic acid groups (broad SMARTS) is 2. The molecule has 0 saturated carbocycles. The van der Waals surface area contributed by atoms with E-state index in [0.717, 1.165) is 4.90 Å². The summed E-state index contributed by atoms with van der Waals surface area (Å²) in [6.45, 7) is 2.03. The van der Waals surface area contributed by atoms with Crippen LogP contribution in [0.15, 0.2) is 52.3 Å². The molecule has 0 aromatic heterocycles. The zero-order valence-electron chi connectivity index (χ0n) is 13.4. The highest BCUT2D eigenvalue weighted by Crippen LogP contribution is 2.29. The first kappa shape index (κ1) is 18.5. The van der Waals surface area contributed by atoms with Crippen LogP contribution in [0.5, 0.6) is 0 Å². The third-order valence-electron chi connectivity index (χ3n) is 3.25. The van der Waals surface area contributed by atoms with Gasteiger partial charge in [-0.2, -0.15) is 0 Å². The minimum Gasteiger partial charge on any atom is -0.481 e. The molecule has 0 amide bonds. The Morgan fingerprint density at radius 1 is 1.00 bits per heavy atom. The normalized spacial score (nSPS) is 10.3. The maximum absolute atomic E-state index is 11.6. The third kappa shape index (κ3) is 5.09. The number of benzene rings is 2. The summed E-state index contributed by atoms with van der Waals surface area (Å²) in [5.41, 5.74) is 0.659. The van der Waals surface area contributed by atoms with E-state index in [1.807, 2.05) is 0 Å². The van der Waals surface area contributed by atoms with E-state index in [-0.39, 0.29) is 17.5 Å². The summed E-state index contributed by atoms with van der Waals surface area (Å²) in [7, 11) is 0. The molecule has 2 aromatic rings. The Bertz CT molecular complexity index is 798. The molecule has 0 aliphatic heterocycles. The summed E-state index contributed by atoms with van der Waals surface area (Å²) in [6.07, 6.45) is -0.346. The van der Waals surface area contributed by atoms with Crippen LogP contribution >= 0.6 is 11.8 Å². The number of carboxylic acids is 2. The van der Waals surface area contributed by atoms with Crippen molar-refractivity contribution in [3.63, 3.8) is 0 Å². The topological polar surface area (TPSA) is 101 Å². The molecule has 0 bridgehead atoms. The van der Waals surface area contributed by atoms with Gasteiger partial charge in [0.2, 0.25) is 0 Å². The molecule has 2 aromatic carbocycles. The molecule has 0 fully saturated rings. The minimum atomic E-state index is -1.17. The van der Waals surface area contributed by atoms with E-state index in [4.69, 9.17) is 9.84 Å². The zero-order chi connectivity index (χ0) is 18.4. The van der Waals surface area contributed by atoms with Crippen LogP contribution in [0.1, 0.15) is 33.2 Å². The van der Waals surface area contributed by atoms with Crippen molar-refractivity contribution in [3.8, 4) is 0 Å². The van der Waals surface area contributed by atoms with E-state index in [2.05, 4.69) is 0 Å². The molecule has 2 N–H and O–H groups in total. The summed E-state index contributed by atoms with van der Waals surface area (Å²) in [6, 6.07) is 11.4. The first-order valence-electron chi connectivity index (χ1n) is 7.43. The first-order valence-corrected chi connectivity index (χ1v) is 8.25. The van der Waals surface area contributed by atoms with Crippen LogP contribution in [-0.4, -0.2) is 34.7 Å². The fourth-order valence-electron chi connectivity index (χ4n) is 2.14. The fourth-order valence-corrected chi connectivity index (χ4v) is 3.00. The van der Waals surface area contributed by atoms with E-state index in [1.165, 1.54) is 23.9 Å². The monoisotopic (exact) mass is 360 g/mol. The number of ether oxygens (including phenoxy) is 1. The average Bonchev–Trinajstić information content (AvgIpc) is 2.56. The van der Waals surface area contributed by atoms with Crippen LogP contribution in [0.3, 0.4) is 0 Å². The van der Waals surface area contributed by atoms with Gasteiger partial charge in [-0.15, -0.1) is 0 Å². The van der Waals surface area contributed by atoms with Crippen molar-refractivity contribution < 1.29 is 29.3 Å². The lowest BCUT2D eigenvalue weighted by atomic mass is 10.1. The number of aromatic carboxylic acids is 1. The second-order valence-corrected chi connectivity index (χ2v) is 6.19. The van der Waals surface area contributed by atoms with Gasteiger partial charge < -0.3 is 14.9 Å². The Labute approximate surface area is 148 Å². The molecule has 0 atom stereocenters. The van der Waals surface area contributed by atoms with E-state index < -0.39 is 17.9 Å². The van der Waals surface area contributed by atoms with Gasteiger partial charge in [0.25, 0.3) is 0 Å². The molecule has 25 heavy (non-hydrogen) atoms. The van der Waals surface area contributed by atoms with Gasteiger partial charge in [-0.1, -0.05) is 17.8 Å². The Morgan fingerprint density at radius 2 is 1.64 bits per heavy atom. The standard InChI is InChI=1S/C18H16O6S/c1-2-24-18(23)11-3-6-13(7-4-11)25-14-8-5-12(9-16(19)20)15(10-14)17(21)22/h3-8,10H,2,9H2,1H3,(H,19,20)(H,21,22). The van der Waals surface area contributed by atoms with Crippen molar-refractivity contribution in [3.05, 3.63) is 59.2 Å². The summed E-state index contributed by atoms with van der Waals surface area (Å²) in [4.78, 5) is 35.2. The molecule has 0 heterocycles. The molecule has 0 unspecified atom stereocenters. The van der Waals surface area contributed by atoms with Gasteiger partial charge >= 0.3 is 17.9 Å². The van der Waals surface area contributed by atoms with Gasteiger partial charge in [0.05, 0.1) is 24.2 Å². The molecule has 2 rings (SSSR count). The van der Waals surface area contributed by atoms with Gasteiger partial charge in [-0.25, -0.2) is 9.59 Å². The van der Waals surface area contributed by atoms with Crippen molar-refractivity contribution in [1.82, 2.24) is 0 Å². The van der Waals surface area contributed by atoms with Crippen molar-refractivity contribution >= 4 is 29.7 Å². The third-order valence-corrected chi connectivity index (χ3v) is 4.25. The summed E-state index contributed by atoms with van der Waals surface area (Å²) in [5.74, 6) is -2.65. The predicted octanol–water partition coefficient (Wildman–Crippen LogP) is 3.34. The summed E-state index contributed by atoms with van der Waals surface area (Å²) in [5, 5.41) is 18.1. The minimum absolute atomic E-state index is 0.0319. The van der Waals surface area contributed by atoms with E-state index in [0.29, 0.717) is 17.1 Å². The number of aliphatic carboxylic acids is 1. The number of carbonyl (C=O) groups excluding carboxylic acids is 1. The van der Waals surface area contributed by atoms with Crippen LogP contribution < -0.4 is 0 Å². The molecular formula is C18H16O6S. The second kappa shape index (κ2) is 8.34. The maximum atomic E-state index is 11.6. The van der Waals surface area contributed by atoms with Crippen LogP contribution in [0.2, 0.25) is 0 Å². The van der Waals surface area contributed by atoms with Crippen LogP contribution in [0.25, 0.3) is 0 Å². The highest BCUT2D eigenvalue weighted by Gasteiger charge is 2.14. The molecular weight excluding hydrogens is 344 g/mol. The number of carbonyl (C=O) groups is 3. The lowest BCUT2D eigenvalue weighted by Crippen LogP contribution is -2.07. The fraction of sp³-hybridized carbons (Fsp3) is 0.167. The highest BCUT2D eigenvalue weighted by molar-refractivity contribution is 7.99. The first-order chi connectivity index (χ1) is 11.9. The van der Waals surface area contributed by atoms with Gasteiger partial charge in [-0.05, 0) is 48.9 Å². The largest absolute Gasteiger partial charge is 0.481 e. The zero-order valence-corrected chi connectivity index (χ0v) is 14.2. The molecule has 7 heteroatoms. The van der Waals surface area contributed by atoms with E-state index in [9.17, 15) is 19.5 Å². The van der Waals surface area contributed by atoms with Crippen molar-refractivity contribution in [2.75, 3.05) is 6.61 Å². The number of rotatable bonds is 7. The van der Waals surface area contributed by atoms with E-state index >= 15 is 0 Å². The molecule has 0 radical (unpaired) electrons. The lowest BCUT2D eigenvalue weighted by molar-refractivity contribution is -0.136. The molecule has 130 valence electrons. The second-order valence-electron chi connectivity index (χ2n) is 5.04. The van der Waals surface area contributed by atoms with Gasteiger partial charge in [0.1, 0.15) is 0 Å². The number of hydrogen-bond acceptors (Lipinski definition) is 5. The van der Waals surface area contributed by atoms with Crippen molar-refractivity contribution in [1.29, 1.82) is 0 Å². The molecule has 0 aliphatic rings. The Kier molecular flexibility index (Phi) is 6.19. The SMILES string of the molecule is CCOC(=O)c1ccc(Sc2ccc(CC(=O)O)c(C(=O)O)c2)cc1. The van der Waals surface area contributed by atoms with Gasteiger partial charge in [-0.3, -0.25) is 4.79 Å². The highest BCUT2D eigenvalue weighted by atomic mass is 32.2. The Morgan fingerprint density at radius 3 is 2.20 bits per heavy atom. The number of hydrogen-bond donors (Lipinski definition) is 2. The number of esters is 1. The lowest BCUT2D eigenvalue weighted by Gasteiger charge is -2.08. The quantitative estimate of drug-likeness (QED) is 0.730. The van der Waals surface area contributed by atoms with Crippen LogP contribution in [0.4, 0.5) is 0 Å². The summed E-state index contributed by atoms with van der Waals surface area (Å²) >= 11 is 1.32. The molecule has 6 nitrogen and oxygen atoms in total. The van der Waals surface area contributed by atoms with Gasteiger partial charge in [0, 0.05) is 9.79 Å². The van der Waals surface area contributed by atoms with E-state index in [1.54, 1.807) is 37.3 Å². The smallest absolute Gasteiger partial charge is 0.338 e. The Balaban J connectivity index is 2.19. The van der Waals surface area contributed by atoms with Crippen molar-refractivity contribution in [2.24, 2.45) is 0 Å². The molecule has 0 aliphatic carbocycles.